The molecule has 4 atom stereocenters. The second-order valence-electron chi connectivity index (χ2n) is 6.00. The summed E-state index contributed by atoms with van der Waals surface area (Å²) in [6, 6.07) is 5.78. The zero-order chi connectivity index (χ0) is 19.3. The number of halogens is 1. The van der Waals surface area contributed by atoms with Gasteiger partial charge < -0.3 is 25.8 Å². The van der Waals surface area contributed by atoms with Crippen molar-refractivity contribution < 1.29 is 20.1 Å². The molecule has 4 rings (SSSR count). The summed E-state index contributed by atoms with van der Waals surface area (Å²) in [7, 11) is 0. The Morgan fingerprint density at radius 2 is 2.11 bits per heavy atom. The molecule has 0 amide bonds. The standard InChI is InChI=1S/C16H14BrN5O4S/c17-9-2-1-8(27-9)11-6(3-18)10-14(19)20-5-21-15(10)22(11)16-13(25)12(24)7(4-23)26-16/h1-2,5,7,12-13,16,23-25H,4H2,(H2,19,20,21)/t7-,12+,13-,16-/m0/s1. The number of hydrogen-bond acceptors (Lipinski definition) is 9. The average Bonchev–Trinajstić information content (AvgIpc) is 3.30. The van der Waals surface area contributed by atoms with Crippen molar-refractivity contribution in [2.45, 2.75) is 24.5 Å². The molecule has 0 saturated carbocycles. The first-order valence-corrected chi connectivity index (χ1v) is 9.51. The Bertz CT molecular complexity index is 1060. The van der Waals surface area contributed by atoms with Crippen LogP contribution in [0.4, 0.5) is 5.82 Å². The molecule has 4 heterocycles. The van der Waals surface area contributed by atoms with Gasteiger partial charge >= 0.3 is 0 Å². The number of nitrogens with two attached hydrogens (primary N) is 1. The minimum absolute atomic E-state index is 0.124. The van der Waals surface area contributed by atoms with Crippen LogP contribution in [0, 0.1) is 11.3 Å². The molecule has 0 radical (unpaired) electrons. The van der Waals surface area contributed by atoms with E-state index in [2.05, 4.69) is 32.0 Å². The molecule has 3 aromatic rings. The molecule has 1 aliphatic rings. The molecule has 11 heteroatoms. The quantitative estimate of drug-likeness (QED) is 0.460. The lowest BCUT2D eigenvalue weighted by molar-refractivity contribution is -0.0501. The number of fused-ring (bicyclic) bond motifs is 1. The molecule has 140 valence electrons. The van der Waals surface area contributed by atoms with Crippen LogP contribution in [0.25, 0.3) is 21.6 Å². The van der Waals surface area contributed by atoms with Crippen molar-refractivity contribution >= 4 is 44.1 Å². The molecule has 27 heavy (non-hydrogen) atoms. The zero-order valence-electron chi connectivity index (χ0n) is 13.7. The normalized spacial score (nSPS) is 25.1. The predicted molar refractivity (Wildman–Crippen MR) is 101 cm³/mol. The van der Waals surface area contributed by atoms with E-state index >= 15 is 0 Å². The van der Waals surface area contributed by atoms with Gasteiger partial charge in [-0.1, -0.05) is 0 Å². The van der Waals surface area contributed by atoms with Gasteiger partial charge in [0.15, 0.2) is 6.23 Å². The molecule has 5 N–H and O–H groups in total. The summed E-state index contributed by atoms with van der Waals surface area (Å²) in [5, 5.41) is 40.3. The van der Waals surface area contributed by atoms with Gasteiger partial charge in [-0.3, -0.25) is 4.57 Å². The number of aromatic nitrogens is 3. The van der Waals surface area contributed by atoms with E-state index in [1.165, 1.54) is 22.2 Å². The Hall–Kier alpha value is -2.07. The molecular formula is C16H14BrN5O4S. The van der Waals surface area contributed by atoms with E-state index < -0.39 is 31.1 Å². The van der Waals surface area contributed by atoms with Gasteiger partial charge in [-0.05, 0) is 28.1 Å². The van der Waals surface area contributed by atoms with Gasteiger partial charge in [0.2, 0.25) is 0 Å². The highest BCUT2D eigenvalue weighted by Gasteiger charge is 2.45. The third-order valence-corrected chi connectivity index (χ3v) is 6.13. The first-order chi connectivity index (χ1) is 13.0. The summed E-state index contributed by atoms with van der Waals surface area (Å²) in [6.45, 7) is -0.462. The van der Waals surface area contributed by atoms with Crippen LogP contribution in [-0.2, 0) is 4.74 Å². The number of nitrogen functional groups attached to an aromatic ring is 1. The average molecular weight is 452 g/mol. The van der Waals surface area contributed by atoms with Crippen molar-refractivity contribution in [1.29, 1.82) is 5.26 Å². The lowest BCUT2D eigenvalue weighted by Gasteiger charge is -2.20. The van der Waals surface area contributed by atoms with Gasteiger partial charge in [0.1, 0.15) is 42.2 Å². The second kappa shape index (κ2) is 6.83. The molecule has 0 spiro atoms. The third kappa shape index (κ3) is 2.73. The molecule has 1 saturated heterocycles. The van der Waals surface area contributed by atoms with Crippen LogP contribution in [0.3, 0.4) is 0 Å². The maximum absolute atomic E-state index is 10.5. The molecule has 0 bridgehead atoms. The van der Waals surface area contributed by atoms with E-state index in [0.717, 1.165) is 3.79 Å². The van der Waals surface area contributed by atoms with E-state index in [-0.39, 0.29) is 11.4 Å². The van der Waals surface area contributed by atoms with Crippen LogP contribution in [0.2, 0.25) is 0 Å². The Kier molecular flexibility index (Phi) is 4.63. The number of nitrogens with zero attached hydrogens (tertiary/aromatic N) is 4. The highest BCUT2D eigenvalue weighted by molar-refractivity contribution is 9.11. The summed E-state index contributed by atoms with van der Waals surface area (Å²) in [4.78, 5) is 8.92. The van der Waals surface area contributed by atoms with Crippen molar-refractivity contribution in [2.75, 3.05) is 12.3 Å². The van der Waals surface area contributed by atoms with Gasteiger partial charge in [-0.25, -0.2) is 9.97 Å². The van der Waals surface area contributed by atoms with E-state index in [1.54, 1.807) is 0 Å². The molecular weight excluding hydrogens is 438 g/mol. The van der Waals surface area contributed by atoms with Gasteiger partial charge in [0, 0.05) is 0 Å². The van der Waals surface area contributed by atoms with Crippen molar-refractivity contribution in [3.8, 4) is 16.6 Å². The Labute approximate surface area is 165 Å². The smallest absolute Gasteiger partial charge is 0.165 e. The highest BCUT2D eigenvalue weighted by atomic mass is 79.9. The highest BCUT2D eigenvalue weighted by Crippen LogP contribution is 2.43. The van der Waals surface area contributed by atoms with Crippen molar-refractivity contribution in [1.82, 2.24) is 14.5 Å². The fourth-order valence-electron chi connectivity index (χ4n) is 3.29. The monoisotopic (exact) mass is 451 g/mol. The summed E-state index contributed by atoms with van der Waals surface area (Å²) in [5.74, 6) is 0.124. The summed E-state index contributed by atoms with van der Waals surface area (Å²) >= 11 is 4.78. The number of ether oxygens (including phenoxy) is 1. The van der Waals surface area contributed by atoms with Crippen molar-refractivity contribution in [3.63, 3.8) is 0 Å². The summed E-state index contributed by atoms with van der Waals surface area (Å²) in [6.07, 6.45) is -3.39. The van der Waals surface area contributed by atoms with Gasteiger partial charge in [-0.15, -0.1) is 11.3 Å². The van der Waals surface area contributed by atoms with Crippen LogP contribution in [-0.4, -0.2) is 54.8 Å². The Morgan fingerprint density at radius 3 is 2.70 bits per heavy atom. The number of aliphatic hydroxyl groups excluding tert-OH is 3. The van der Waals surface area contributed by atoms with E-state index in [4.69, 9.17) is 10.5 Å². The van der Waals surface area contributed by atoms with Crippen molar-refractivity contribution in [3.05, 3.63) is 27.8 Å². The number of hydrogen-bond donors (Lipinski definition) is 4. The lowest BCUT2D eigenvalue weighted by atomic mass is 10.1. The van der Waals surface area contributed by atoms with Crippen molar-refractivity contribution in [2.24, 2.45) is 0 Å². The molecule has 3 aromatic heterocycles. The maximum atomic E-state index is 10.5. The number of rotatable bonds is 3. The molecule has 0 aliphatic carbocycles. The fourth-order valence-corrected chi connectivity index (χ4v) is 4.72. The lowest BCUT2D eigenvalue weighted by Crippen LogP contribution is -2.33. The Morgan fingerprint density at radius 1 is 1.33 bits per heavy atom. The number of thiophene rings is 1. The van der Waals surface area contributed by atoms with Crippen LogP contribution in [0.15, 0.2) is 22.2 Å². The molecule has 0 unspecified atom stereocenters. The van der Waals surface area contributed by atoms with E-state index in [0.29, 0.717) is 21.6 Å². The minimum Gasteiger partial charge on any atom is -0.394 e. The Balaban J connectivity index is 2.05. The van der Waals surface area contributed by atoms with Gasteiger partial charge in [0.05, 0.1) is 31.9 Å². The van der Waals surface area contributed by atoms with Crippen LogP contribution >= 0.6 is 27.3 Å². The predicted octanol–water partition coefficient (Wildman–Crippen LogP) is 0.988. The van der Waals surface area contributed by atoms with Gasteiger partial charge in [0.25, 0.3) is 0 Å². The van der Waals surface area contributed by atoms with E-state index in [9.17, 15) is 20.6 Å². The summed E-state index contributed by atoms with van der Waals surface area (Å²) < 4.78 is 8.07. The number of anilines is 1. The first kappa shape index (κ1) is 18.3. The molecule has 1 fully saturated rings. The topological polar surface area (TPSA) is 150 Å². The van der Waals surface area contributed by atoms with Gasteiger partial charge in [-0.2, -0.15) is 5.26 Å². The second-order valence-corrected chi connectivity index (χ2v) is 8.46. The molecule has 0 aromatic carbocycles. The largest absolute Gasteiger partial charge is 0.394 e. The first-order valence-electron chi connectivity index (χ1n) is 7.90. The third-order valence-electron chi connectivity index (χ3n) is 4.50. The number of nitriles is 1. The zero-order valence-corrected chi connectivity index (χ0v) is 16.1. The number of aliphatic hydroxyl groups is 3. The van der Waals surface area contributed by atoms with Crippen LogP contribution in [0.5, 0.6) is 0 Å². The summed E-state index contributed by atoms with van der Waals surface area (Å²) in [5.41, 5.74) is 6.99. The molecule has 9 nitrogen and oxygen atoms in total. The SMILES string of the molecule is N#Cc1c(-c2ccc(Br)s2)n([C@H]2O[C@@H](CO)[C@@H](O)[C@@H]2O)c2ncnc(N)c12. The maximum Gasteiger partial charge on any atom is 0.165 e. The fraction of sp³-hybridized carbons (Fsp3) is 0.312. The van der Waals surface area contributed by atoms with Crippen LogP contribution in [0.1, 0.15) is 11.8 Å². The van der Waals surface area contributed by atoms with Crippen LogP contribution < -0.4 is 5.73 Å². The molecule has 1 aliphatic heterocycles. The van der Waals surface area contributed by atoms with E-state index in [1.807, 2.05) is 12.1 Å². The minimum atomic E-state index is -1.33.